The van der Waals surface area contributed by atoms with Gasteiger partial charge in [-0.25, -0.2) is 4.79 Å². The van der Waals surface area contributed by atoms with Gasteiger partial charge < -0.3 is 19.3 Å². The second-order valence-electron chi connectivity index (χ2n) is 8.65. The van der Waals surface area contributed by atoms with Crippen LogP contribution in [0.15, 0.2) is 40.9 Å². The van der Waals surface area contributed by atoms with Crippen LogP contribution in [0.1, 0.15) is 65.2 Å². The minimum absolute atomic E-state index is 0.0169. The lowest BCUT2D eigenvalue weighted by atomic mass is 10.00. The van der Waals surface area contributed by atoms with E-state index in [4.69, 9.17) is 4.74 Å². The maximum absolute atomic E-state index is 13.6. The molecule has 7 heteroatoms. The number of hydrogen-bond acceptors (Lipinski definition) is 5. The summed E-state index contributed by atoms with van der Waals surface area (Å²) in [6.07, 6.45) is 2.16. The van der Waals surface area contributed by atoms with E-state index in [9.17, 15) is 9.90 Å². The van der Waals surface area contributed by atoms with Gasteiger partial charge in [0.1, 0.15) is 5.75 Å². The van der Waals surface area contributed by atoms with Crippen molar-refractivity contribution in [3.05, 3.63) is 63.3 Å². The fourth-order valence-electron chi connectivity index (χ4n) is 4.52. The summed E-state index contributed by atoms with van der Waals surface area (Å²) in [6.45, 7) is 4.80. The third-order valence-corrected chi connectivity index (χ3v) is 7.68. The van der Waals surface area contributed by atoms with Crippen molar-refractivity contribution in [1.29, 1.82) is 0 Å². The average molecular weight is 532 g/mol. The van der Waals surface area contributed by atoms with Crippen molar-refractivity contribution in [3.63, 3.8) is 0 Å². The molecular weight excluding hydrogens is 500 g/mol. The van der Waals surface area contributed by atoms with Gasteiger partial charge in [-0.3, -0.25) is 0 Å². The van der Waals surface area contributed by atoms with Crippen LogP contribution in [-0.2, 0) is 11.3 Å². The zero-order valence-corrected chi connectivity index (χ0v) is 22.0. The summed E-state index contributed by atoms with van der Waals surface area (Å²) in [5.74, 6) is 0.768. The highest BCUT2D eigenvalue weighted by atomic mass is 79.9. The van der Waals surface area contributed by atoms with Crippen LogP contribution >= 0.6 is 27.7 Å². The molecule has 1 saturated carbocycles. The van der Waals surface area contributed by atoms with Crippen LogP contribution < -0.4 is 0 Å². The number of phenols is 1. The number of hydrogen-bond donors (Lipinski definition) is 1. The number of ether oxygens (including phenoxy) is 1. The molecule has 0 bridgehead atoms. The van der Waals surface area contributed by atoms with E-state index in [2.05, 4.69) is 39.6 Å². The molecule has 1 atom stereocenters. The Morgan fingerprint density at radius 3 is 2.55 bits per heavy atom. The largest absolute Gasteiger partial charge is 0.506 e. The molecule has 176 valence electrons. The molecule has 0 aliphatic heterocycles. The van der Waals surface area contributed by atoms with Gasteiger partial charge in [-0.15, -0.1) is 11.8 Å². The van der Waals surface area contributed by atoms with Crippen molar-refractivity contribution in [1.82, 2.24) is 9.47 Å². The fourth-order valence-corrected chi connectivity index (χ4v) is 6.04. The molecular formula is C26H31BrN2O3S. The third-order valence-electron chi connectivity index (χ3n) is 5.91. The number of nitrogens with zero attached hydrogens (tertiary/aromatic N) is 2. The molecule has 4 rings (SSSR count). The van der Waals surface area contributed by atoms with Crippen molar-refractivity contribution in [2.24, 2.45) is 0 Å². The van der Waals surface area contributed by atoms with Gasteiger partial charge in [0.2, 0.25) is 0 Å². The van der Waals surface area contributed by atoms with Crippen LogP contribution in [0.2, 0.25) is 0 Å². The number of aromatic hydroxyl groups is 1. The number of rotatable bonds is 9. The Balaban J connectivity index is 2.13. The van der Waals surface area contributed by atoms with Gasteiger partial charge in [0, 0.05) is 23.5 Å². The van der Waals surface area contributed by atoms with E-state index < -0.39 is 0 Å². The summed E-state index contributed by atoms with van der Waals surface area (Å²) in [6, 6.07) is 12.7. The average Bonchev–Trinajstić information content (AvgIpc) is 3.57. The molecule has 1 aliphatic rings. The van der Waals surface area contributed by atoms with Crippen LogP contribution in [0, 0.1) is 0 Å². The Morgan fingerprint density at radius 2 is 1.97 bits per heavy atom. The van der Waals surface area contributed by atoms with Gasteiger partial charge in [-0.1, -0.05) is 37.3 Å². The second-order valence-corrected chi connectivity index (χ2v) is 10.9. The molecule has 0 saturated heterocycles. The van der Waals surface area contributed by atoms with E-state index >= 15 is 0 Å². The molecule has 33 heavy (non-hydrogen) atoms. The Kier molecular flexibility index (Phi) is 7.41. The van der Waals surface area contributed by atoms with Crippen LogP contribution in [0.3, 0.4) is 0 Å². The SMILES string of the molecule is CCOC(=O)c1c(C(SCC)c2ccccc2)n(C2CC2)c2cc(Br)c(O)c(CN(C)C)c12. The monoisotopic (exact) mass is 530 g/mol. The molecule has 0 radical (unpaired) electrons. The number of esters is 1. The fraction of sp³-hybridized carbons (Fsp3) is 0.423. The quantitative estimate of drug-likeness (QED) is 0.319. The topological polar surface area (TPSA) is 54.7 Å². The van der Waals surface area contributed by atoms with Crippen LogP contribution in [0.4, 0.5) is 0 Å². The number of thioether (sulfide) groups is 1. The van der Waals surface area contributed by atoms with Crippen LogP contribution in [0.25, 0.3) is 10.9 Å². The first kappa shape index (κ1) is 24.2. The number of fused-ring (bicyclic) bond motifs is 1. The van der Waals surface area contributed by atoms with Crippen molar-refractivity contribution in [3.8, 4) is 5.75 Å². The van der Waals surface area contributed by atoms with E-state index in [1.165, 1.54) is 0 Å². The van der Waals surface area contributed by atoms with Crippen LogP contribution in [0.5, 0.6) is 5.75 Å². The smallest absolute Gasteiger partial charge is 0.340 e. The molecule has 1 heterocycles. The van der Waals surface area contributed by atoms with Crippen molar-refractivity contribution in [2.75, 3.05) is 26.5 Å². The number of halogens is 1. The summed E-state index contributed by atoms with van der Waals surface area (Å²) in [5.41, 5.74) is 4.47. The summed E-state index contributed by atoms with van der Waals surface area (Å²) in [7, 11) is 3.93. The molecule has 1 aliphatic carbocycles. The van der Waals surface area contributed by atoms with Gasteiger partial charge >= 0.3 is 5.97 Å². The van der Waals surface area contributed by atoms with E-state index in [0.29, 0.717) is 29.2 Å². The second kappa shape index (κ2) is 10.1. The highest BCUT2D eigenvalue weighted by Gasteiger charge is 2.37. The molecule has 1 aromatic heterocycles. The number of benzene rings is 2. The summed E-state index contributed by atoms with van der Waals surface area (Å²) in [4.78, 5) is 15.6. The predicted molar refractivity (Wildman–Crippen MR) is 139 cm³/mol. The lowest BCUT2D eigenvalue weighted by Gasteiger charge is -2.21. The summed E-state index contributed by atoms with van der Waals surface area (Å²) < 4.78 is 8.61. The van der Waals surface area contributed by atoms with E-state index in [1.54, 1.807) is 0 Å². The van der Waals surface area contributed by atoms with E-state index in [-0.39, 0.29) is 17.0 Å². The normalized spacial score (nSPS) is 14.7. The molecule has 2 aromatic carbocycles. The number of carbonyl (C=O) groups is 1. The van der Waals surface area contributed by atoms with E-state index in [0.717, 1.165) is 46.3 Å². The first-order chi connectivity index (χ1) is 15.9. The third kappa shape index (κ3) is 4.68. The maximum Gasteiger partial charge on any atom is 0.340 e. The van der Waals surface area contributed by atoms with Crippen molar-refractivity contribution >= 4 is 44.6 Å². The minimum atomic E-state index is -0.323. The molecule has 0 amide bonds. The minimum Gasteiger partial charge on any atom is -0.506 e. The lowest BCUT2D eigenvalue weighted by molar-refractivity contribution is 0.0527. The number of aromatic nitrogens is 1. The van der Waals surface area contributed by atoms with Gasteiger partial charge in [-0.05, 0) is 67.2 Å². The molecule has 1 fully saturated rings. The van der Waals surface area contributed by atoms with Gasteiger partial charge in [-0.2, -0.15) is 0 Å². The standard InChI is InChI=1S/C26H31BrN2O3S/c1-5-32-26(31)22-21-18(15-28(3)4)24(30)19(27)14-20(21)29(17-12-13-17)23(22)25(33-6-2)16-10-8-7-9-11-16/h7-11,14,17,25,30H,5-6,12-13,15H2,1-4H3. The number of phenolic OH excluding ortho intramolecular Hbond substituents is 1. The molecule has 5 nitrogen and oxygen atoms in total. The zero-order chi connectivity index (χ0) is 23.7. The number of carbonyl (C=O) groups excluding carboxylic acids is 1. The maximum atomic E-state index is 13.6. The highest BCUT2D eigenvalue weighted by Crippen LogP contribution is 2.50. The Bertz CT molecular complexity index is 1160. The molecule has 1 N–H and O–H groups in total. The zero-order valence-electron chi connectivity index (χ0n) is 19.6. The van der Waals surface area contributed by atoms with Gasteiger partial charge in [0.25, 0.3) is 0 Å². The first-order valence-corrected chi connectivity index (χ1v) is 13.3. The summed E-state index contributed by atoms with van der Waals surface area (Å²) in [5, 5.41) is 11.8. The Labute approximate surface area is 208 Å². The van der Waals surface area contributed by atoms with Crippen molar-refractivity contribution < 1.29 is 14.6 Å². The van der Waals surface area contributed by atoms with Crippen LogP contribution in [-0.4, -0.2) is 47.0 Å². The first-order valence-electron chi connectivity index (χ1n) is 11.4. The molecule has 1 unspecified atom stereocenters. The molecule has 3 aromatic rings. The predicted octanol–water partition coefficient (Wildman–Crippen LogP) is 6.53. The van der Waals surface area contributed by atoms with Crippen molar-refractivity contribution in [2.45, 2.75) is 44.5 Å². The molecule has 0 spiro atoms. The summed E-state index contributed by atoms with van der Waals surface area (Å²) >= 11 is 5.39. The Morgan fingerprint density at radius 1 is 1.27 bits per heavy atom. The van der Waals surface area contributed by atoms with Gasteiger partial charge in [0.05, 0.1) is 33.1 Å². The van der Waals surface area contributed by atoms with Gasteiger partial charge in [0.15, 0.2) is 0 Å². The lowest BCUT2D eigenvalue weighted by Crippen LogP contribution is -2.14. The Hall–Kier alpha value is -1.96. The highest BCUT2D eigenvalue weighted by molar-refractivity contribution is 9.10. The van der Waals surface area contributed by atoms with E-state index in [1.807, 2.05) is 61.9 Å².